The molecule has 3 aromatic rings. The van der Waals surface area contributed by atoms with E-state index in [4.69, 9.17) is 0 Å². The Bertz CT molecular complexity index is 676. The second kappa shape index (κ2) is 4.33. The van der Waals surface area contributed by atoms with E-state index in [1.807, 2.05) is 19.3 Å². The predicted molar refractivity (Wildman–Crippen MR) is 73.6 cm³/mol. The summed E-state index contributed by atoms with van der Waals surface area (Å²) in [6.45, 7) is 6.11. The molecule has 1 aromatic carbocycles. The summed E-state index contributed by atoms with van der Waals surface area (Å²) < 4.78 is 4.48. The zero-order chi connectivity index (χ0) is 12.5. The van der Waals surface area contributed by atoms with Gasteiger partial charge in [0.15, 0.2) is 0 Å². The highest BCUT2D eigenvalue weighted by Crippen LogP contribution is 2.17. The predicted octanol–water partition coefficient (Wildman–Crippen LogP) is 3.15. The Morgan fingerprint density at radius 1 is 1.00 bits per heavy atom. The molecular weight excluding hydrogens is 222 g/mol. The van der Waals surface area contributed by atoms with E-state index in [0.717, 1.165) is 18.9 Å². The molecule has 0 aliphatic heterocycles. The van der Waals surface area contributed by atoms with E-state index in [1.54, 1.807) is 0 Å². The smallest absolute Gasteiger partial charge is 0.105 e. The van der Waals surface area contributed by atoms with Crippen molar-refractivity contribution in [2.75, 3.05) is 0 Å². The van der Waals surface area contributed by atoms with Crippen LogP contribution in [0, 0.1) is 13.8 Å². The lowest BCUT2D eigenvalue weighted by atomic mass is 10.2. The summed E-state index contributed by atoms with van der Waals surface area (Å²) in [4.78, 5) is 4.24. The van der Waals surface area contributed by atoms with Crippen LogP contribution in [0.25, 0.3) is 10.9 Å². The first-order valence-corrected chi connectivity index (χ1v) is 6.27. The number of imidazole rings is 1. The Morgan fingerprint density at radius 2 is 1.83 bits per heavy atom. The first-order valence-electron chi connectivity index (χ1n) is 6.27. The molecule has 0 amide bonds. The molecule has 3 nitrogen and oxygen atoms in total. The topological polar surface area (TPSA) is 22.8 Å². The molecule has 18 heavy (non-hydrogen) atoms. The Morgan fingerprint density at radius 3 is 2.61 bits per heavy atom. The van der Waals surface area contributed by atoms with Gasteiger partial charge in [-0.2, -0.15) is 0 Å². The van der Waals surface area contributed by atoms with Crippen LogP contribution in [-0.4, -0.2) is 14.1 Å². The van der Waals surface area contributed by atoms with Gasteiger partial charge in [0.1, 0.15) is 5.82 Å². The lowest BCUT2D eigenvalue weighted by Crippen LogP contribution is -2.07. The molecule has 92 valence electrons. The van der Waals surface area contributed by atoms with Crippen molar-refractivity contribution in [3.8, 4) is 0 Å². The zero-order valence-corrected chi connectivity index (χ0v) is 10.8. The monoisotopic (exact) mass is 239 g/mol. The summed E-state index contributed by atoms with van der Waals surface area (Å²) in [6.07, 6.45) is 6.05. The molecule has 0 fully saturated rings. The Kier molecular flexibility index (Phi) is 2.67. The second-order valence-electron chi connectivity index (χ2n) is 4.74. The Labute approximate surface area is 107 Å². The standard InChI is InChI=1S/C15H17N3/c1-12-3-4-15-14(11-12)5-7-18(15)10-9-17-8-6-16-13(17)2/h3-8,11H,9-10H2,1-2H3. The van der Waals surface area contributed by atoms with Crippen LogP contribution in [0.5, 0.6) is 0 Å². The van der Waals surface area contributed by atoms with Crippen LogP contribution in [-0.2, 0) is 13.1 Å². The number of hydrogen-bond acceptors (Lipinski definition) is 1. The molecule has 0 N–H and O–H groups in total. The van der Waals surface area contributed by atoms with Crippen molar-refractivity contribution in [1.82, 2.24) is 14.1 Å². The molecule has 0 aliphatic carbocycles. The maximum atomic E-state index is 4.24. The van der Waals surface area contributed by atoms with Gasteiger partial charge in [0.25, 0.3) is 0 Å². The Hall–Kier alpha value is -2.03. The lowest BCUT2D eigenvalue weighted by Gasteiger charge is -2.08. The number of fused-ring (bicyclic) bond motifs is 1. The van der Waals surface area contributed by atoms with Gasteiger partial charge < -0.3 is 9.13 Å². The third kappa shape index (κ3) is 1.92. The van der Waals surface area contributed by atoms with E-state index in [9.17, 15) is 0 Å². The summed E-state index contributed by atoms with van der Waals surface area (Å²) in [5.74, 6) is 1.07. The van der Waals surface area contributed by atoms with E-state index in [1.165, 1.54) is 16.5 Å². The van der Waals surface area contributed by atoms with E-state index < -0.39 is 0 Å². The van der Waals surface area contributed by atoms with Crippen molar-refractivity contribution in [3.63, 3.8) is 0 Å². The van der Waals surface area contributed by atoms with Crippen LogP contribution in [0.15, 0.2) is 42.9 Å². The molecular formula is C15H17N3. The van der Waals surface area contributed by atoms with Gasteiger partial charge in [0.05, 0.1) is 0 Å². The summed E-state index contributed by atoms with van der Waals surface area (Å²) in [5.41, 5.74) is 2.61. The van der Waals surface area contributed by atoms with Gasteiger partial charge in [-0.15, -0.1) is 0 Å². The minimum Gasteiger partial charge on any atom is -0.346 e. The van der Waals surface area contributed by atoms with Crippen molar-refractivity contribution < 1.29 is 0 Å². The average Bonchev–Trinajstić information content (AvgIpc) is 2.93. The first kappa shape index (κ1) is 11.1. The largest absolute Gasteiger partial charge is 0.346 e. The SMILES string of the molecule is Cc1ccc2c(ccn2CCn2ccnc2C)c1. The van der Waals surface area contributed by atoms with Crippen molar-refractivity contribution in [1.29, 1.82) is 0 Å². The highest BCUT2D eigenvalue weighted by atomic mass is 15.1. The van der Waals surface area contributed by atoms with Crippen LogP contribution < -0.4 is 0 Å². The highest BCUT2D eigenvalue weighted by Gasteiger charge is 2.02. The minimum atomic E-state index is 0.962. The molecule has 0 radical (unpaired) electrons. The Balaban J connectivity index is 1.85. The fourth-order valence-corrected chi connectivity index (χ4v) is 2.37. The number of hydrogen-bond donors (Lipinski definition) is 0. The maximum absolute atomic E-state index is 4.24. The van der Waals surface area contributed by atoms with Crippen LogP contribution >= 0.6 is 0 Å². The zero-order valence-electron chi connectivity index (χ0n) is 10.8. The number of benzene rings is 1. The van der Waals surface area contributed by atoms with Crippen LogP contribution in [0.4, 0.5) is 0 Å². The van der Waals surface area contributed by atoms with Crippen LogP contribution in [0.2, 0.25) is 0 Å². The molecule has 0 spiro atoms. The van der Waals surface area contributed by atoms with E-state index in [-0.39, 0.29) is 0 Å². The van der Waals surface area contributed by atoms with Crippen molar-refractivity contribution in [2.45, 2.75) is 26.9 Å². The van der Waals surface area contributed by atoms with Gasteiger partial charge in [-0.25, -0.2) is 4.98 Å². The van der Waals surface area contributed by atoms with Crippen LogP contribution in [0.1, 0.15) is 11.4 Å². The molecule has 0 saturated carbocycles. The molecule has 2 heterocycles. The van der Waals surface area contributed by atoms with Gasteiger partial charge in [-0.05, 0) is 37.4 Å². The molecule has 2 aromatic heterocycles. The number of rotatable bonds is 3. The van der Waals surface area contributed by atoms with E-state index in [0.29, 0.717) is 0 Å². The molecule has 0 aliphatic rings. The summed E-state index contributed by atoms with van der Waals surface area (Å²) in [5, 5.41) is 1.32. The number of aryl methyl sites for hydroxylation is 4. The van der Waals surface area contributed by atoms with Crippen molar-refractivity contribution in [2.24, 2.45) is 0 Å². The molecule has 0 bridgehead atoms. The maximum Gasteiger partial charge on any atom is 0.105 e. The van der Waals surface area contributed by atoms with Gasteiger partial charge in [0.2, 0.25) is 0 Å². The van der Waals surface area contributed by atoms with Crippen molar-refractivity contribution >= 4 is 10.9 Å². The van der Waals surface area contributed by atoms with Gasteiger partial charge in [0, 0.05) is 37.2 Å². The molecule has 0 saturated heterocycles. The fourth-order valence-electron chi connectivity index (χ4n) is 2.37. The summed E-state index contributed by atoms with van der Waals surface area (Å²) in [6, 6.07) is 8.78. The average molecular weight is 239 g/mol. The summed E-state index contributed by atoms with van der Waals surface area (Å²) in [7, 11) is 0. The summed E-state index contributed by atoms with van der Waals surface area (Å²) >= 11 is 0. The number of nitrogens with zero attached hydrogens (tertiary/aromatic N) is 3. The van der Waals surface area contributed by atoms with Crippen LogP contribution in [0.3, 0.4) is 0 Å². The molecule has 0 atom stereocenters. The fraction of sp³-hybridized carbons (Fsp3) is 0.267. The van der Waals surface area contributed by atoms with Gasteiger partial charge >= 0.3 is 0 Å². The second-order valence-corrected chi connectivity index (χ2v) is 4.74. The minimum absolute atomic E-state index is 0.962. The van der Waals surface area contributed by atoms with Crippen molar-refractivity contribution in [3.05, 3.63) is 54.2 Å². The molecule has 0 unspecified atom stereocenters. The third-order valence-corrected chi connectivity index (χ3v) is 3.43. The molecule has 3 rings (SSSR count). The van der Waals surface area contributed by atoms with E-state index >= 15 is 0 Å². The molecule has 3 heteroatoms. The third-order valence-electron chi connectivity index (χ3n) is 3.43. The quantitative estimate of drug-likeness (QED) is 0.688. The number of aromatic nitrogens is 3. The van der Waals surface area contributed by atoms with Gasteiger partial charge in [-0.3, -0.25) is 0 Å². The first-order chi connectivity index (χ1) is 8.74. The van der Waals surface area contributed by atoms with E-state index in [2.05, 4.69) is 51.5 Å². The lowest BCUT2D eigenvalue weighted by molar-refractivity contribution is 0.580. The highest BCUT2D eigenvalue weighted by molar-refractivity contribution is 5.80. The normalized spacial score (nSPS) is 11.2. The van der Waals surface area contributed by atoms with Gasteiger partial charge in [-0.1, -0.05) is 11.6 Å².